The fourth-order valence-electron chi connectivity index (χ4n) is 5.48. The molecule has 2 bridgehead atoms. The minimum Gasteiger partial charge on any atom is -0.300 e. The molecule has 0 aromatic rings. The molecular weight excluding hydrogens is 256 g/mol. The molecule has 4 rings (SSSR count). The van der Waals surface area contributed by atoms with E-state index >= 15 is 0 Å². The summed E-state index contributed by atoms with van der Waals surface area (Å²) in [5.74, 6) is 3.79. The first-order valence-electron chi connectivity index (χ1n) is 9.42. The Hall–Kier alpha value is -0.340. The number of hydrogen-bond acceptors (Lipinski definition) is 2. The molecule has 0 unspecified atom stereocenters. The van der Waals surface area contributed by atoms with E-state index in [1.54, 1.807) is 0 Å². The van der Waals surface area contributed by atoms with E-state index in [-0.39, 0.29) is 0 Å². The van der Waals surface area contributed by atoms with Gasteiger partial charge in [0.25, 0.3) is 0 Å². The first kappa shape index (κ1) is 14.3. The van der Waals surface area contributed by atoms with Crippen molar-refractivity contribution in [2.75, 3.05) is 32.7 Å². The zero-order valence-electron chi connectivity index (χ0n) is 13.7. The van der Waals surface area contributed by atoms with E-state index in [2.05, 4.69) is 28.9 Å². The number of allylic oxidation sites excluding steroid dienone is 2. The topological polar surface area (TPSA) is 6.48 Å². The average Bonchev–Trinajstić information content (AvgIpc) is 3.11. The Labute approximate surface area is 130 Å². The summed E-state index contributed by atoms with van der Waals surface area (Å²) in [7, 11) is 0. The van der Waals surface area contributed by atoms with Gasteiger partial charge in [0.1, 0.15) is 0 Å². The summed E-state index contributed by atoms with van der Waals surface area (Å²) in [6, 6.07) is 0.904. The SMILES string of the molecule is C[C@H]1CCC[C@H](N2CCN(C[C@@H]3C[C@H]4C=C[C@H]3C4)CC2)C1. The molecule has 1 saturated heterocycles. The van der Waals surface area contributed by atoms with E-state index in [9.17, 15) is 0 Å². The van der Waals surface area contributed by atoms with E-state index < -0.39 is 0 Å². The Morgan fingerprint density at radius 2 is 1.81 bits per heavy atom. The van der Waals surface area contributed by atoms with Crippen LogP contribution in [-0.2, 0) is 0 Å². The number of piperazine rings is 1. The first-order valence-corrected chi connectivity index (χ1v) is 9.42. The zero-order chi connectivity index (χ0) is 14.2. The second-order valence-corrected chi connectivity index (χ2v) is 8.30. The van der Waals surface area contributed by atoms with Gasteiger partial charge < -0.3 is 4.90 Å². The fraction of sp³-hybridized carbons (Fsp3) is 0.895. The Bertz CT molecular complexity index is 383. The van der Waals surface area contributed by atoms with Crippen LogP contribution in [0.2, 0.25) is 0 Å². The van der Waals surface area contributed by atoms with Crippen LogP contribution in [0.15, 0.2) is 12.2 Å². The van der Waals surface area contributed by atoms with Crippen LogP contribution in [0.25, 0.3) is 0 Å². The lowest BCUT2D eigenvalue weighted by atomic mass is 9.86. The maximum Gasteiger partial charge on any atom is 0.0113 e. The molecule has 2 heteroatoms. The standard InChI is InChI=1S/C19H32N2/c1-15-3-2-4-19(11-15)21-9-7-20(8-10-21)14-18-13-16-5-6-17(18)12-16/h5-6,15-19H,2-4,7-14H2,1H3/t15-,16-,17-,18-,19-/m0/s1. The fourth-order valence-corrected chi connectivity index (χ4v) is 5.48. The van der Waals surface area contributed by atoms with Gasteiger partial charge in [0.15, 0.2) is 0 Å². The van der Waals surface area contributed by atoms with Gasteiger partial charge in [-0.25, -0.2) is 0 Å². The molecule has 2 nitrogen and oxygen atoms in total. The first-order chi connectivity index (χ1) is 10.3. The lowest BCUT2D eigenvalue weighted by Crippen LogP contribution is -2.52. The third-order valence-electron chi connectivity index (χ3n) is 6.74. The van der Waals surface area contributed by atoms with Crippen LogP contribution >= 0.6 is 0 Å². The van der Waals surface area contributed by atoms with E-state index in [0.717, 1.165) is 29.7 Å². The molecule has 0 spiro atoms. The molecular formula is C19H32N2. The molecule has 1 heterocycles. The molecule has 2 saturated carbocycles. The monoisotopic (exact) mass is 288 g/mol. The molecule has 0 N–H and O–H groups in total. The molecule has 118 valence electrons. The molecule has 21 heavy (non-hydrogen) atoms. The van der Waals surface area contributed by atoms with Crippen LogP contribution in [0.5, 0.6) is 0 Å². The quantitative estimate of drug-likeness (QED) is 0.735. The number of rotatable bonds is 3. The Kier molecular flexibility index (Phi) is 4.10. The molecule has 1 aliphatic heterocycles. The Morgan fingerprint density at radius 3 is 2.48 bits per heavy atom. The highest BCUT2D eigenvalue weighted by Crippen LogP contribution is 2.43. The third kappa shape index (κ3) is 3.07. The summed E-state index contributed by atoms with van der Waals surface area (Å²) in [6.45, 7) is 9.12. The van der Waals surface area contributed by atoms with Crippen molar-refractivity contribution in [2.24, 2.45) is 23.7 Å². The summed E-state index contributed by atoms with van der Waals surface area (Å²) < 4.78 is 0. The Morgan fingerprint density at radius 1 is 0.952 bits per heavy atom. The summed E-state index contributed by atoms with van der Waals surface area (Å²) in [5, 5.41) is 0. The highest BCUT2D eigenvalue weighted by Gasteiger charge is 2.37. The van der Waals surface area contributed by atoms with Gasteiger partial charge in [0.2, 0.25) is 0 Å². The van der Waals surface area contributed by atoms with Crippen LogP contribution in [0.4, 0.5) is 0 Å². The summed E-state index contributed by atoms with van der Waals surface area (Å²) in [6.07, 6.45) is 13.8. The third-order valence-corrected chi connectivity index (χ3v) is 6.74. The average molecular weight is 288 g/mol. The lowest BCUT2D eigenvalue weighted by Gasteiger charge is -2.42. The van der Waals surface area contributed by atoms with E-state index in [0.29, 0.717) is 0 Å². The van der Waals surface area contributed by atoms with Crippen molar-refractivity contribution >= 4 is 0 Å². The zero-order valence-corrected chi connectivity index (χ0v) is 13.7. The van der Waals surface area contributed by atoms with Crippen LogP contribution in [-0.4, -0.2) is 48.6 Å². The molecule has 0 radical (unpaired) electrons. The normalized spacial score (nSPS) is 44.5. The minimum atomic E-state index is 0.904. The second-order valence-electron chi connectivity index (χ2n) is 8.30. The van der Waals surface area contributed by atoms with Gasteiger partial charge in [0, 0.05) is 38.8 Å². The molecule has 4 aliphatic rings. The van der Waals surface area contributed by atoms with Crippen molar-refractivity contribution in [1.82, 2.24) is 9.80 Å². The van der Waals surface area contributed by atoms with Crippen molar-refractivity contribution in [3.05, 3.63) is 12.2 Å². The number of nitrogens with zero attached hydrogens (tertiary/aromatic N) is 2. The van der Waals surface area contributed by atoms with Crippen LogP contribution < -0.4 is 0 Å². The van der Waals surface area contributed by atoms with Crippen molar-refractivity contribution in [3.63, 3.8) is 0 Å². The molecule has 5 atom stereocenters. The van der Waals surface area contributed by atoms with Crippen molar-refractivity contribution < 1.29 is 0 Å². The molecule has 0 aromatic carbocycles. The molecule has 0 aromatic heterocycles. The molecule has 3 aliphatic carbocycles. The van der Waals surface area contributed by atoms with Gasteiger partial charge in [-0.3, -0.25) is 4.90 Å². The van der Waals surface area contributed by atoms with Gasteiger partial charge in [0.05, 0.1) is 0 Å². The predicted molar refractivity (Wildman–Crippen MR) is 88.3 cm³/mol. The maximum absolute atomic E-state index is 2.81. The number of hydrogen-bond donors (Lipinski definition) is 0. The molecule has 3 fully saturated rings. The van der Waals surface area contributed by atoms with Crippen LogP contribution in [0, 0.1) is 23.7 Å². The van der Waals surface area contributed by atoms with E-state index in [1.807, 2.05) is 0 Å². The van der Waals surface area contributed by atoms with Gasteiger partial charge in [-0.1, -0.05) is 31.9 Å². The van der Waals surface area contributed by atoms with Gasteiger partial charge in [-0.05, 0) is 49.4 Å². The highest BCUT2D eigenvalue weighted by atomic mass is 15.3. The lowest BCUT2D eigenvalue weighted by molar-refractivity contribution is 0.0601. The summed E-state index contributed by atoms with van der Waals surface area (Å²) in [4.78, 5) is 5.58. The smallest absolute Gasteiger partial charge is 0.0113 e. The Balaban J connectivity index is 1.24. The van der Waals surface area contributed by atoms with Crippen LogP contribution in [0.3, 0.4) is 0 Å². The second kappa shape index (κ2) is 6.04. The molecule has 0 amide bonds. The van der Waals surface area contributed by atoms with Crippen molar-refractivity contribution in [3.8, 4) is 0 Å². The van der Waals surface area contributed by atoms with Crippen molar-refractivity contribution in [2.45, 2.75) is 51.5 Å². The largest absolute Gasteiger partial charge is 0.300 e. The van der Waals surface area contributed by atoms with Gasteiger partial charge in [-0.15, -0.1) is 0 Å². The number of fused-ring (bicyclic) bond motifs is 2. The maximum atomic E-state index is 2.81. The predicted octanol–water partition coefficient (Wildman–Crippen LogP) is 3.39. The van der Waals surface area contributed by atoms with Gasteiger partial charge in [-0.2, -0.15) is 0 Å². The minimum absolute atomic E-state index is 0.904. The summed E-state index contributed by atoms with van der Waals surface area (Å²) >= 11 is 0. The highest BCUT2D eigenvalue weighted by molar-refractivity contribution is 5.10. The van der Waals surface area contributed by atoms with Crippen molar-refractivity contribution in [1.29, 1.82) is 0 Å². The van der Waals surface area contributed by atoms with E-state index in [1.165, 1.54) is 71.2 Å². The van der Waals surface area contributed by atoms with E-state index in [4.69, 9.17) is 0 Å². The summed E-state index contributed by atoms with van der Waals surface area (Å²) in [5.41, 5.74) is 0. The van der Waals surface area contributed by atoms with Gasteiger partial charge >= 0.3 is 0 Å². The van der Waals surface area contributed by atoms with Crippen LogP contribution in [0.1, 0.15) is 45.4 Å².